The summed E-state index contributed by atoms with van der Waals surface area (Å²) in [6.07, 6.45) is 0.149. The molecule has 2 heterocycles. The molecule has 316 valence electrons. The van der Waals surface area contributed by atoms with Crippen LogP contribution < -0.4 is 19.7 Å². The average Bonchev–Trinajstić information content (AvgIpc) is 3.28. The fourth-order valence-corrected chi connectivity index (χ4v) is 8.61. The molecule has 0 saturated carbocycles. The Bertz CT molecular complexity index is 2590. The number of amides is 2. The number of carboxylic acid groups (broad SMARTS) is 1. The standard InChI is InChI=1S/C50H44Cl2FN3O6/c1-3-43(34-7-5-4-6-8-34)56-28-37-27-46-44(55(2)49(58)47(62-46)35-16-20-39(21-17-35)61-29-31-11-22-40(51)41(52)23-31)25-36(37)26-45(56)48(57)54-42(50(59)60)24-30-9-12-32(13-10-30)33-14-18-38(53)19-15-33/h4-23,25,27,42-43,45,47H,3,24,26,28-29H2,1-2H3,(H,54,57)(H,59,60)/t42-,43?,45?,47+/m0/s1. The van der Waals surface area contributed by atoms with Crippen LogP contribution >= 0.6 is 23.2 Å². The van der Waals surface area contributed by atoms with Gasteiger partial charge in [0.15, 0.2) is 0 Å². The first-order chi connectivity index (χ1) is 29.9. The Balaban J connectivity index is 1.02. The molecule has 0 fully saturated rings. The number of anilines is 1. The fraction of sp³-hybridized carbons (Fsp3) is 0.220. The van der Waals surface area contributed by atoms with E-state index >= 15 is 0 Å². The number of nitrogens with one attached hydrogen (secondary N) is 1. The maximum Gasteiger partial charge on any atom is 0.326 e. The minimum absolute atomic E-state index is 0.0668. The monoisotopic (exact) mass is 871 g/mol. The smallest absolute Gasteiger partial charge is 0.326 e. The van der Waals surface area contributed by atoms with Gasteiger partial charge in [0.05, 0.1) is 21.8 Å². The van der Waals surface area contributed by atoms with Crippen LogP contribution in [0.1, 0.15) is 58.9 Å². The Hall–Kier alpha value is -6.20. The van der Waals surface area contributed by atoms with Crippen molar-refractivity contribution in [3.8, 4) is 22.6 Å². The van der Waals surface area contributed by atoms with Crippen molar-refractivity contribution in [3.05, 3.63) is 183 Å². The van der Waals surface area contributed by atoms with Gasteiger partial charge in [-0.2, -0.15) is 0 Å². The molecule has 2 aliphatic rings. The first kappa shape index (κ1) is 42.5. The minimum Gasteiger partial charge on any atom is -0.489 e. The van der Waals surface area contributed by atoms with E-state index in [1.54, 1.807) is 48.3 Å². The molecule has 0 aromatic heterocycles. The first-order valence-corrected chi connectivity index (χ1v) is 21.2. The van der Waals surface area contributed by atoms with Crippen LogP contribution in [-0.4, -0.2) is 46.9 Å². The number of rotatable bonds is 13. The molecule has 2 N–H and O–H groups in total. The second-order valence-electron chi connectivity index (χ2n) is 15.6. The largest absolute Gasteiger partial charge is 0.489 e. The van der Waals surface area contributed by atoms with Crippen LogP contribution in [0.15, 0.2) is 133 Å². The SMILES string of the molecule is CCC(c1ccccc1)N1Cc2cc3c(cc2CC1C(=O)N[C@@H](Cc1ccc(-c2ccc(F)cc2)cc1)C(=O)O)N(C)C(=O)[C@@H](c1ccc(OCc2ccc(Cl)c(Cl)c2)cc1)O3. The van der Waals surface area contributed by atoms with Gasteiger partial charge in [0.1, 0.15) is 30.0 Å². The van der Waals surface area contributed by atoms with E-state index in [1.165, 1.54) is 12.1 Å². The zero-order valence-electron chi connectivity index (χ0n) is 34.1. The zero-order chi connectivity index (χ0) is 43.5. The number of benzene rings is 6. The minimum atomic E-state index is -1.19. The molecule has 2 unspecified atom stereocenters. The van der Waals surface area contributed by atoms with E-state index in [1.807, 2.05) is 84.9 Å². The predicted octanol–water partition coefficient (Wildman–Crippen LogP) is 10.2. The topological polar surface area (TPSA) is 108 Å². The molecule has 12 heteroatoms. The van der Waals surface area contributed by atoms with Crippen molar-refractivity contribution in [2.45, 2.75) is 63.6 Å². The van der Waals surface area contributed by atoms with Crippen LogP contribution in [0.5, 0.6) is 11.5 Å². The zero-order valence-corrected chi connectivity index (χ0v) is 35.6. The summed E-state index contributed by atoms with van der Waals surface area (Å²) < 4.78 is 25.9. The van der Waals surface area contributed by atoms with Gasteiger partial charge in [0, 0.05) is 31.6 Å². The molecule has 8 rings (SSSR count). The lowest BCUT2D eigenvalue weighted by atomic mass is 9.88. The Labute approximate surface area is 369 Å². The molecular weight excluding hydrogens is 828 g/mol. The van der Waals surface area contributed by atoms with E-state index in [-0.39, 0.29) is 37.2 Å². The number of carbonyl (C=O) groups is 3. The summed E-state index contributed by atoms with van der Waals surface area (Å²) in [7, 11) is 1.71. The van der Waals surface area contributed by atoms with Crippen molar-refractivity contribution in [1.82, 2.24) is 10.2 Å². The van der Waals surface area contributed by atoms with Crippen LogP contribution in [0.4, 0.5) is 10.1 Å². The van der Waals surface area contributed by atoms with Crippen molar-refractivity contribution in [2.75, 3.05) is 11.9 Å². The van der Waals surface area contributed by atoms with Crippen molar-refractivity contribution < 1.29 is 33.4 Å². The highest BCUT2D eigenvalue weighted by Crippen LogP contribution is 2.43. The van der Waals surface area contributed by atoms with Gasteiger partial charge in [-0.3, -0.25) is 14.5 Å². The van der Waals surface area contributed by atoms with Gasteiger partial charge in [0.2, 0.25) is 12.0 Å². The molecule has 0 aliphatic carbocycles. The number of likely N-dealkylation sites (N-methyl/N-ethyl adjacent to an activating group) is 1. The van der Waals surface area contributed by atoms with Crippen LogP contribution in [0.25, 0.3) is 11.1 Å². The maximum absolute atomic E-state index is 14.5. The van der Waals surface area contributed by atoms with E-state index < -0.39 is 30.1 Å². The van der Waals surface area contributed by atoms with Gasteiger partial charge in [0.25, 0.3) is 5.91 Å². The summed E-state index contributed by atoms with van der Waals surface area (Å²) in [5, 5.41) is 14.1. The summed E-state index contributed by atoms with van der Waals surface area (Å²) in [5.41, 5.74) is 7.40. The van der Waals surface area contributed by atoms with Gasteiger partial charge in [-0.15, -0.1) is 0 Å². The highest BCUT2D eigenvalue weighted by atomic mass is 35.5. The number of fused-ring (bicyclic) bond motifs is 2. The maximum atomic E-state index is 14.5. The molecule has 0 spiro atoms. The van der Waals surface area contributed by atoms with Gasteiger partial charge in [-0.25, -0.2) is 9.18 Å². The van der Waals surface area contributed by atoms with E-state index in [2.05, 4.69) is 17.1 Å². The lowest BCUT2D eigenvalue weighted by Gasteiger charge is -2.42. The number of halogens is 3. The van der Waals surface area contributed by atoms with E-state index in [4.69, 9.17) is 32.7 Å². The molecule has 62 heavy (non-hydrogen) atoms. The van der Waals surface area contributed by atoms with E-state index in [9.17, 15) is 23.9 Å². The number of ether oxygens (including phenoxy) is 2. The van der Waals surface area contributed by atoms with Gasteiger partial charge < -0.3 is 24.8 Å². The molecule has 6 aromatic rings. The summed E-state index contributed by atoms with van der Waals surface area (Å²) >= 11 is 12.2. The number of aliphatic carboxylic acids is 1. The molecule has 6 aromatic carbocycles. The Morgan fingerprint density at radius 2 is 1.53 bits per heavy atom. The third-order valence-electron chi connectivity index (χ3n) is 11.6. The molecule has 2 aliphatic heterocycles. The van der Waals surface area contributed by atoms with Crippen LogP contribution in [0.3, 0.4) is 0 Å². The highest BCUT2D eigenvalue weighted by molar-refractivity contribution is 6.42. The third kappa shape index (κ3) is 9.18. The van der Waals surface area contributed by atoms with E-state index in [0.29, 0.717) is 45.8 Å². The average molecular weight is 873 g/mol. The molecule has 0 bridgehead atoms. The quantitative estimate of drug-likeness (QED) is 0.119. The third-order valence-corrected chi connectivity index (χ3v) is 12.4. The number of carbonyl (C=O) groups excluding carboxylic acids is 2. The number of hydrogen-bond donors (Lipinski definition) is 2. The Kier molecular flexibility index (Phi) is 12.6. The summed E-state index contributed by atoms with van der Waals surface area (Å²) in [6.45, 7) is 2.74. The number of nitrogens with zero attached hydrogens (tertiary/aromatic N) is 2. The van der Waals surface area contributed by atoms with Crippen molar-refractivity contribution in [1.29, 1.82) is 0 Å². The Morgan fingerprint density at radius 3 is 2.19 bits per heavy atom. The predicted molar refractivity (Wildman–Crippen MR) is 238 cm³/mol. The van der Waals surface area contributed by atoms with Crippen LogP contribution in [-0.2, 0) is 40.4 Å². The molecule has 0 radical (unpaired) electrons. The van der Waals surface area contributed by atoms with Gasteiger partial charge >= 0.3 is 5.97 Å². The fourth-order valence-electron chi connectivity index (χ4n) is 8.28. The Morgan fingerprint density at radius 1 is 0.855 bits per heavy atom. The van der Waals surface area contributed by atoms with Crippen molar-refractivity contribution >= 4 is 46.7 Å². The number of hydrogen-bond acceptors (Lipinski definition) is 6. The highest BCUT2D eigenvalue weighted by Gasteiger charge is 2.40. The normalized spacial score (nSPS) is 17.0. The van der Waals surface area contributed by atoms with Crippen LogP contribution in [0.2, 0.25) is 10.0 Å². The second kappa shape index (κ2) is 18.4. The molecular formula is C50H44Cl2FN3O6. The second-order valence-corrected chi connectivity index (χ2v) is 16.4. The molecule has 0 saturated heterocycles. The molecule has 4 atom stereocenters. The van der Waals surface area contributed by atoms with Crippen molar-refractivity contribution in [2.24, 2.45) is 0 Å². The first-order valence-electron chi connectivity index (χ1n) is 20.4. The van der Waals surface area contributed by atoms with Crippen molar-refractivity contribution in [3.63, 3.8) is 0 Å². The summed E-state index contributed by atoms with van der Waals surface area (Å²) in [6, 6.07) is 37.8. The molecule has 9 nitrogen and oxygen atoms in total. The summed E-state index contributed by atoms with van der Waals surface area (Å²) in [5.74, 6) is -0.969. The summed E-state index contributed by atoms with van der Waals surface area (Å²) in [4.78, 5) is 44.7. The van der Waals surface area contributed by atoms with Crippen LogP contribution in [0, 0.1) is 5.82 Å². The lowest BCUT2D eigenvalue weighted by molar-refractivity contribution is -0.143. The van der Waals surface area contributed by atoms with Gasteiger partial charge in [-0.1, -0.05) is 115 Å². The molecule has 2 amide bonds. The van der Waals surface area contributed by atoms with Gasteiger partial charge in [-0.05, 0) is 100 Å². The lowest BCUT2D eigenvalue weighted by Crippen LogP contribution is -2.55. The number of carboxylic acids is 1. The van der Waals surface area contributed by atoms with E-state index in [0.717, 1.165) is 38.9 Å².